The fourth-order valence-electron chi connectivity index (χ4n) is 5.19. The van der Waals surface area contributed by atoms with Gasteiger partial charge in [0.05, 0.1) is 24.9 Å². The van der Waals surface area contributed by atoms with E-state index in [0.717, 1.165) is 56.1 Å². The van der Waals surface area contributed by atoms with E-state index in [1.807, 2.05) is 66.3 Å². The Labute approximate surface area is 226 Å². The zero-order chi connectivity index (χ0) is 27.0. The highest BCUT2D eigenvalue weighted by molar-refractivity contribution is 7.53. The minimum Gasteiger partial charge on any atom is -0.496 e. The van der Waals surface area contributed by atoms with Crippen LogP contribution in [0.15, 0.2) is 78.9 Å². The summed E-state index contributed by atoms with van der Waals surface area (Å²) in [6, 6.07) is 26.4. The number of fused-ring (bicyclic) bond motifs is 1. The maximum absolute atomic E-state index is 13.9. The van der Waals surface area contributed by atoms with Crippen LogP contribution < -0.4 is 13.9 Å². The van der Waals surface area contributed by atoms with Gasteiger partial charge in [-0.1, -0.05) is 54.6 Å². The summed E-state index contributed by atoms with van der Waals surface area (Å²) in [6.45, 7) is 8.77. The van der Waals surface area contributed by atoms with E-state index in [1.165, 1.54) is 0 Å². The number of methoxy groups -OCH3 is 1. The second-order valence-corrected chi connectivity index (χ2v) is 11.6. The third-order valence-corrected chi connectivity index (χ3v) is 8.67. The first-order valence-electron chi connectivity index (χ1n) is 12.7. The molecule has 1 unspecified atom stereocenters. The summed E-state index contributed by atoms with van der Waals surface area (Å²) in [6.07, 6.45) is 0. The largest absolute Gasteiger partial charge is 0.496 e. The monoisotopic (exact) mass is 524 g/mol. The van der Waals surface area contributed by atoms with E-state index in [2.05, 4.69) is 56.6 Å². The molecule has 0 aliphatic carbocycles. The van der Waals surface area contributed by atoms with E-state index < -0.39 is 8.45 Å². The average Bonchev–Trinajstić information content (AvgIpc) is 2.90. The van der Waals surface area contributed by atoms with Crippen LogP contribution in [0.1, 0.15) is 38.2 Å². The van der Waals surface area contributed by atoms with E-state index in [-0.39, 0.29) is 5.91 Å². The molecule has 1 aliphatic heterocycles. The van der Waals surface area contributed by atoms with E-state index in [9.17, 15) is 4.79 Å². The van der Waals surface area contributed by atoms with Crippen LogP contribution in [-0.2, 0) is 6.54 Å². The van der Waals surface area contributed by atoms with Crippen molar-refractivity contribution in [3.8, 4) is 22.6 Å². The molecule has 0 saturated carbocycles. The Balaban J connectivity index is 1.66. The average molecular weight is 525 g/mol. The van der Waals surface area contributed by atoms with Crippen LogP contribution in [0.25, 0.3) is 11.1 Å². The van der Waals surface area contributed by atoms with Crippen molar-refractivity contribution in [3.05, 3.63) is 112 Å². The van der Waals surface area contributed by atoms with Gasteiger partial charge in [0.25, 0.3) is 5.91 Å². The number of carbonyl (C=O) groups excluding carboxylic acids is 1. The van der Waals surface area contributed by atoms with E-state index in [1.54, 1.807) is 7.11 Å². The number of aryl methyl sites for hydroxylation is 4. The fraction of sp³-hybridized carbons (Fsp3) is 0.219. The van der Waals surface area contributed by atoms with Crippen molar-refractivity contribution in [2.75, 3.05) is 18.8 Å². The molecular formula is C32H33N2O3P. The number of anilines is 1. The Morgan fingerprint density at radius 1 is 0.737 bits per heavy atom. The van der Waals surface area contributed by atoms with Crippen LogP contribution in [0.3, 0.4) is 0 Å². The summed E-state index contributed by atoms with van der Waals surface area (Å²) in [5, 5.41) is 0. The van der Waals surface area contributed by atoms with Crippen molar-refractivity contribution in [2.24, 2.45) is 0 Å². The van der Waals surface area contributed by atoms with Gasteiger partial charge in [0.15, 0.2) is 0 Å². The second-order valence-electron chi connectivity index (χ2n) is 9.85. The van der Waals surface area contributed by atoms with E-state index >= 15 is 0 Å². The van der Waals surface area contributed by atoms with Crippen molar-refractivity contribution in [1.82, 2.24) is 4.67 Å². The summed E-state index contributed by atoms with van der Waals surface area (Å²) in [5.41, 5.74) is 8.95. The predicted octanol–water partition coefficient (Wildman–Crippen LogP) is 7.99. The van der Waals surface area contributed by atoms with Crippen LogP contribution in [0.2, 0.25) is 0 Å². The molecule has 1 aliphatic rings. The van der Waals surface area contributed by atoms with Gasteiger partial charge < -0.3 is 13.9 Å². The molecule has 6 heteroatoms. The third kappa shape index (κ3) is 4.75. The predicted molar refractivity (Wildman–Crippen MR) is 156 cm³/mol. The summed E-state index contributed by atoms with van der Waals surface area (Å²) < 4.78 is 16.8. The van der Waals surface area contributed by atoms with Gasteiger partial charge in [-0.05, 0) is 79.8 Å². The number of para-hydroxylation sites is 1. The third-order valence-electron chi connectivity index (χ3n) is 6.86. The molecule has 0 radical (unpaired) electrons. The molecule has 0 N–H and O–H groups in total. The normalized spacial score (nSPS) is 14.9. The standard InChI is InChI=1S/C32H33N2O3P/c1-21-16-23(3)30(36-6)27(18-21)28-19-22(2)17-24(4)31(28)37-38-33(5)29-15-11-10-14-26(29)32(35)34(38)20-25-12-8-7-9-13-25/h7-19H,20H2,1-6H3. The van der Waals surface area contributed by atoms with Gasteiger partial charge in [0.1, 0.15) is 11.5 Å². The smallest absolute Gasteiger partial charge is 0.312 e. The zero-order valence-electron chi connectivity index (χ0n) is 22.8. The van der Waals surface area contributed by atoms with Crippen molar-refractivity contribution >= 4 is 20.0 Å². The number of hydrogen-bond donors (Lipinski definition) is 0. The van der Waals surface area contributed by atoms with Gasteiger partial charge in [-0.3, -0.25) is 9.46 Å². The topological polar surface area (TPSA) is 42.0 Å². The highest BCUT2D eigenvalue weighted by Crippen LogP contribution is 2.55. The Hall–Kier alpha value is -3.82. The molecule has 0 saturated heterocycles. The SMILES string of the molecule is COc1c(C)cc(C)cc1-c1cc(C)cc(C)c1OP1N(Cc2ccccc2)C(=O)c2ccccc2N1C. The number of benzene rings is 4. The number of amides is 1. The molecule has 194 valence electrons. The summed E-state index contributed by atoms with van der Waals surface area (Å²) >= 11 is 0. The lowest BCUT2D eigenvalue weighted by molar-refractivity contribution is 0.0847. The number of carbonyl (C=O) groups is 1. The first kappa shape index (κ1) is 25.8. The van der Waals surface area contributed by atoms with Crippen molar-refractivity contribution < 1.29 is 14.1 Å². The maximum atomic E-state index is 13.9. The quantitative estimate of drug-likeness (QED) is 0.240. The summed E-state index contributed by atoms with van der Waals surface area (Å²) in [7, 11) is 2.21. The Morgan fingerprint density at radius 3 is 1.97 bits per heavy atom. The molecule has 38 heavy (non-hydrogen) atoms. The van der Waals surface area contributed by atoms with Gasteiger partial charge in [-0.25, -0.2) is 0 Å². The van der Waals surface area contributed by atoms with Gasteiger partial charge in [0.2, 0.25) is 0 Å². The minimum atomic E-state index is -1.51. The molecule has 4 aromatic rings. The maximum Gasteiger partial charge on any atom is 0.312 e. The molecule has 0 bridgehead atoms. The van der Waals surface area contributed by atoms with Crippen LogP contribution in [0.4, 0.5) is 5.69 Å². The number of ether oxygens (including phenoxy) is 1. The van der Waals surface area contributed by atoms with Crippen LogP contribution in [0, 0.1) is 27.7 Å². The molecule has 0 fully saturated rings. The zero-order valence-corrected chi connectivity index (χ0v) is 23.7. The molecule has 5 nitrogen and oxygen atoms in total. The number of hydrogen-bond acceptors (Lipinski definition) is 4. The van der Waals surface area contributed by atoms with Gasteiger partial charge in [-0.2, -0.15) is 0 Å². The van der Waals surface area contributed by atoms with E-state index in [4.69, 9.17) is 9.26 Å². The first-order valence-corrected chi connectivity index (χ1v) is 13.9. The van der Waals surface area contributed by atoms with Gasteiger partial charge in [-0.15, -0.1) is 0 Å². The Bertz CT molecular complexity index is 1500. The lowest BCUT2D eigenvalue weighted by atomic mass is 9.95. The number of rotatable bonds is 6. The van der Waals surface area contributed by atoms with Crippen molar-refractivity contribution in [2.45, 2.75) is 34.2 Å². The lowest BCUT2D eigenvalue weighted by Crippen LogP contribution is -2.38. The van der Waals surface area contributed by atoms with Crippen LogP contribution in [0.5, 0.6) is 11.5 Å². The fourth-order valence-corrected chi connectivity index (χ4v) is 7.05. The molecule has 5 rings (SSSR count). The molecule has 1 heterocycles. The van der Waals surface area contributed by atoms with Crippen LogP contribution in [-0.4, -0.2) is 24.7 Å². The van der Waals surface area contributed by atoms with Gasteiger partial charge in [0, 0.05) is 18.2 Å². The Morgan fingerprint density at radius 2 is 1.32 bits per heavy atom. The molecule has 0 aromatic heterocycles. The molecule has 1 amide bonds. The molecule has 1 atom stereocenters. The van der Waals surface area contributed by atoms with Crippen molar-refractivity contribution in [1.29, 1.82) is 0 Å². The Kier molecular flexibility index (Phi) is 7.14. The first-order chi connectivity index (χ1) is 18.3. The van der Waals surface area contributed by atoms with E-state index in [0.29, 0.717) is 12.1 Å². The second kappa shape index (κ2) is 10.5. The number of nitrogens with zero attached hydrogens (tertiary/aromatic N) is 2. The molecular weight excluding hydrogens is 491 g/mol. The highest BCUT2D eigenvalue weighted by atomic mass is 31.2. The van der Waals surface area contributed by atoms with Crippen molar-refractivity contribution in [3.63, 3.8) is 0 Å². The molecule has 0 spiro atoms. The lowest BCUT2D eigenvalue weighted by Gasteiger charge is -2.41. The van der Waals surface area contributed by atoms with Crippen LogP contribution >= 0.6 is 8.45 Å². The summed E-state index contributed by atoms with van der Waals surface area (Å²) in [5.74, 6) is 1.57. The minimum absolute atomic E-state index is 0.0241. The van der Waals surface area contributed by atoms with Gasteiger partial charge >= 0.3 is 8.45 Å². The molecule has 4 aromatic carbocycles. The highest BCUT2D eigenvalue weighted by Gasteiger charge is 2.39. The summed E-state index contributed by atoms with van der Waals surface area (Å²) in [4.78, 5) is 13.9.